The van der Waals surface area contributed by atoms with Gasteiger partial charge < -0.3 is 9.69 Å². The Bertz CT molecular complexity index is 281. The second kappa shape index (κ2) is 6.88. The first-order valence-electron chi connectivity index (χ1n) is 8.34. The average Bonchev–Trinajstić information content (AvgIpc) is 2.65. The van der Waals surface area contributed by atoms with Crippen molar-refractivity contribution >= 4 is 6.29 Å². The van der Waals surface area contributed by atoms with Gasteiger partial charge >= 0.3 is 0 Å². The fourth-order valence-electron chi connectivity index (χ4n) is 4.02. The Labute approximate surface area is 118 Å². The van der Waals surface area contributed by atoms with E-state index in [2.05, 4.69) is 18.7 Å². The summed E-state index contributed by atoms with van der Waals surface area (Å²) >= 11 is 0. The Hall–Kier alpha value is -0.370. The molecule has 2 nitrogen and oxygen atoms in total. The molecule has 1 aliphatic heterocycles. The van der Waals surface area contributed by atoms with Gasteiger partial charge in [0.1, 0.15) is 6.29 Å². The number of hydrogen-bond acceptors (Lipinski definition) is 2. The molecule has 1 saturated carbocycles. The average molecular weight is 265 g/mol. The molecular formula is C17H31NO. The van der Waals surface area contributed by atoms with E-state index >= 15 is 0 Å². The third-order valence-electron chi connectivity index (χ3n) is 5.45. The van der Waals surface area contributed by atoms with Crippen LogP contribution in [0.25, 0.3) is 0 Å². The van der Waals surface area contributed by atoms with Crippen LogP contribution in [-0.2, 0) is 4.79 Å². The molecule has 1 unspecified atom stereocenters. The van der Waals surface area contributed by atoms with E-state index in [1.54, 1.807) is 0 Å². The van der Waals surface area contributed by atoms with Crippen molar-refractivity contribution in [2.45, 2.75) is 65.2 Å². The summed E-state index contributed by atoms with van der Waals surface area (Å²) in [5.74, 6) is 1.71. The van der Waals surface area contributed by atoms with Gasteiger partial charge in [-0.25, -0.2) is 0 Å². The van der Waals surface area contributed by atoms with Gasteiger partial charge in [-0.2, -0.15) is 0 Å². The number of carbonyl (C=O) groups is 1. The summed E-state index contributed by atoms with van der Waals surface area (Å²) in [6.45, 7) is 8.15. The van der Waals surface area contributed by atoms with Crippen LogP contribution in [0.3, 0.4) is 0 Å². The van der Waals surface area contributed by atoms with Crippen LogP contribution in [0.5, 0.6) is 0 Å². The maximum atomic E-state index is 11.6. The highest BCUT2D eigenvalue weighted by Gasteiger charge is 2.34. The lowest BCUT2D eigenvalue weighted by molar-refractivity contribution is -0.119. The van der Waals surface area contributed by atoms with Crippen LogP contribution in [0.1, 0.15) is 65.2 Å². The molecule has 1 aliphatic carbocycles. The number of carbonyl (C=O) groups excluding carboxylic acids is 1. The lowest BCUT2D eigenvalue weighted by Crippen LogP contribution is -2.40. The Morgan fingerprint density at radius 3 is 2.47 bits per heavy atom. The van der Waals surface area contributed by atoms with Gasteiger partial charge in [-0.1, -0.05) is 33.1 Å². The quantitative estimate of drug-likeness (QED) is 0.719. The highest BCUT2D eigenvalue weighted by molar-refractivity contribution is 5.60. The molecule has 2 rings (SSSR count). The Kier molecular flexibility index (Phi) is 5.44. The normalized spacial score (nSPS) is 29.1. The van der Waals surface area contributed by atoms with Crippen molar-refractivity contribution in [2.24, 2.45) is 17.3 Å². The van der Waals surface area contributed by atoms with Crippen molar-refractivity contribution in [3.8, 4) is 0 Å². The molecule has 0 amide bonds. The molecule has 2 aliphatic rings. The number of nitrogens with zero attached hydrogens (tertiary/aromatic N) is 1. The van der Waals surface area contributed by atoms with Crippen molar-refractivity contribution in [3.63, 3.8) is 0 Å². The van der Waals surface area contributed by atoms with Gasteiger partial charge in [0.15, 0.2) is 0 Å². The summed E-state index contributed by atoms with van der Waals surface area (Å²) in [5.41, 5.74) is -0.00405. The third kappa shape index (κ3) is 4.05. The molecule has 0 bridgehead atoms. The number of likely N-dealkylation sites (tertiary alicyclic amines) is 1. The highest BCUT2D eigenvalue weighted by Crippen LogP contribution is 2.36. The first-order valence-corrected chi connectivity index (χ1v) is 8.34. The summed E-state index contributed by atoms with van der Waals surface area (Å²) in [6.07, 6.45) is 11.4. The molecular weight excluding hydrogens is 234 g/mol. The molecule has 0 N–H and O–H groups in total. The molecule has 0 aromatic heterocycles. The van der Waals surface area contributed by atoms with E-state index in [-0.39, 0.29) is 5.41 Å². The minimum Gasteiger partial charge on any atom is -0.303 e. The topological polar surface area (TPSA) is 20.3 Å². The smallest absolute Gasteiger partial charge is 0.127 e. The zero-order valence-corrected chi connectivity index (χ0v) is 12.9. The van der Waals surface area contributed by atoms with Gasteiger partial charge in [-0.15, -0.1) is 0 Å². The maximum absolute atomic E-state index is 11.6. The van der Waals surface area contributed by atoms with E-state index in [9.17, 15) is 4.79 Å². The van der Waals surface area contributed by atoms with E-state index in [4.69, 9.17) is 0 Å². The van der Waals surface area contributed by atoms with Crippen LogP contribution < -0.4 is 0 Å². The fraction of sp³-hybridized carbons (Fsp3) is 0.941. The van der Waals surface area contributed by atoms with Gasteiger partial charge in [-0.05, 0) is 57.0 Å². The van der Waals surface area contributed by atoms with Crippen molar-refractivity contribution in [3.05, 3.63) is 0 Å². The molecule has 19 heavy (non-hydrogen) atoms. The summed E-state index contributed by atoms with van der Waals surface area (Å²) in [5, 5.41) is 0. The second-order valence-electron chi connectivity index (χ2n) is 7.25. The third-order valence-corrected chi connectivity index (χ3v) is 5.45. The van der Waals surface area contributed by atoms with E-state index in [0.29, 0.717) is 0 Å². The van der Waals surface area contributed by atoms with Gasteiger partial charge in [0.2, 0.25) is 0 Å². The monoisotopic (exact) mass is 265 g/mol. The van der Waals surface area contributed by atoms with E-state index in [1.807, 2.05) is 0 Å². The predicted octanol–water partition coefficient (Wildman–Crippen LogP) is 3.89. The Morgan fingerprint density at radius 1 is 1.11 bits per heavy atom. The summed E-state index contributed by atoms with van der Waals surface area (Å²) in [6, 6.07) is 0. The minimum atomic E-state index is -0.00405. The minimum absolute atomic E-state index is 0.00405. The van der Waals surface area contributed by atoms with E-state index in [0.717, 1.165) is 31.2 Å². The van der Waals surface area contributed by atoms with Crippen LogP contribution >= 0.6 is 0 Å². The largest absolute Gasteiger partial charge is 0.303 e. The molecule has 0 radical (unpaired) electrons. The SMILES string of the molecule is CC(C)C1CCCN(CC2(C=O)CCCCC2)CC1. The highest BCUT2D eigenvalue weighted by atomic mass is 16.1. The second-order valence-corrected chi connectivity index (χ2v) is 7.25. The molecule has 0 aromatic carbocycles. The lowest BCUT2D eigenvalue weighted by atomic mass is 9.75. The zero-order valence-electron chi connectivity index (χ0n) is 12.9. The van der Waals surface area contributed by atoms with Crippen LogP contribution in [0.4, 0.5) is 0 Å². The molecule has 1 heterocycles. The maximum Gasteiger partial charge on any atom is 0.127 e. The van der Waals surface area contributed by atoms with Crippen LogP contribution in [0.2, 0.25) is 0 Å². The van der Waals surface area contributed by atoms with E-state index < -0.39 is 0 Å². The van der Waals surface area contributed by atoms with E-state index in [1.165, 1.54) is 57.9 Å². The molecule has 1 saturated heterocycles. The van der Waals surface area contributed by atoms with Crippen LogP contribution in [0.15, 0.2) is 0 Å². The number of hydrogen-bond donors (Lipinski definition) is 0. The molecule has 1 atom stereocenters. The van der Waals surface area contributed by atoms with Gasteiger partial charge in [0.05, 0.1) is 0 Å². The summed E-state index contributed by atoms with van der Waals surface area (Å²) in [7, 11) is 0. The van der Waals surface area contributed by atoms with Gasteiger partial charge in [-0.3, -0.25) is 0 Å². The molecule has 0 spiro atoms. The van der Waals surface area contributed by atoms with Gasteiger partial charge in [0, 0.05) is 12.0 Å². The molecule has 0 aromatic rings. The van der Waals surface area contributed by atoms with Gasteiger partial charge in [0.25, 0.3) is 0 Å². The van der Waals surface area contributed by atoms with Crippen LogP contribution in [0, 0.1) is 17.3 Å². The zero-order chi connectivity index (χ0) is 13.7. The van der Waals surface area contributed by atoms with Crippen molar-refractivity contribution in [2.75, 3.05) is 19.6 Å². The molecule has 2 fully saturated rings. The Balaban J connectivity index is 1.89. The van der Waals surface area contributed by atoms with Crippen LogP contribution in [-0.4, -0.2) is 30.8 Å². The number of rotatable bonds is 4. The fourth-order valence-corrected chi connectivity index (χ4v) is 4.02. The number of aldehydes is 1. The lowest BCUT2D eigenvalue weighted by Gasteiger charge is -2.36. The first-order chi connectivity index (χ1) is 9.15. The Morgan fingerprint density at radius 2 is 1.84 bits per heavy atom. The standard InChI is InChI=1S/C17H31NO/c1-15(2)16-7-6-11-18(12-8-16)13-17(14-19)9-4-3-5-10-17/h14-16H,3-13H2,1-2H3. The summed E-state index contributed by atoms with van der Waals surface area (Å²) < 4.78 is 0. The first kappa shape index (κ1) is 15.0. The van der Waals surface area contributed by atoms with Crippen molar-refractivity contribution in [1.29, 1.82) is 0 Å². The molecule has 2 heteroatoms. The summed E-state index contributed by atoms with van der Waals surface area (Å²) in [4.78, 5) is 14.2. The predicted molar refractivity (Wildman–Crippen MR) is 80.2 cm³/mol. The molecule has 110 valence electrons. The van der Waals surface area contributed by atoms with Crippen molar-refractivity contribution < 1.29 is 4.79 Å². The van der Waals surface area contributed by atoms with Crippen molar-refractivity contribution in [1.82, 2.24) is 4.90 Å².